The predicted octanol–water partition coefficient (Wildman–Crippen LogP) is 1.43. The standard InChI is InChI=1S/C11H16N2O2/c1-7-5-9(12)8(11(14)15-4)6-10(7)13(2)3/h5-6H,12H2,1-4H3. The first kappa shape index (κ1) is 11.4. The van der Waals surface area contributed by atoms with E-state index < -0.39 is 5.97 Å². The second-order valence-corrected chi connectivity index (χ2v) is 3.61. The van der Waals surface area contributed by atoms with Gasteiger partial charge in [0.25, 0.3) is 0 Å². The maximum absolute atomic E-state index is 11.4. The monoisotopic (exact) mass is 208 g/mol. The number of carbonyl (C=O) groups excluding carboxylic acids is 1. The van der Waals surface area contributed by atoms with Crippen LogP contribution in [0.4, 0.5) is 11.4 Å². The Morgan fingerprint density at radius 2 is 2.00 bits per heavy atom. The Labute approximate surface area is 89.6 Å². The molecule has 0 fully saturated rings. The van der Waals surface area contributed by atoms with E-state index >= 15 is 0 Å². The summed E-state index contributed by atoms with van der Waals surface area (Å²) in [6, 6.07) is 3.53. The van der Waals surface area contributed by atoms with E-state index in [1.165, 1.54) is 7.11 Å². The number of nitrogens with zero attached hydrogens (tertiary/aromatic N) is 1. The number of methoxy groups -OCH3 is 1. The number of esters is 1. The number of ether oxygens (including phenoxy) is 1. The Balaban J connectivity index is 3.29. The number of carbonyl (C=O) groups is 1. The molecule has 1 rings (SSSR count). The molecule has 0 unspecified atom stereocenters. The van der Waals surface area contributed by atoms with E-state index in [0.717, 1.165) is 11.3 Å². The van der Waals surface area contributed by atoms with Crippen LogP contribution in [0, 0.1) is 6.92 Å². The third kappa shape index (κ3) is 2.21. The van der Waals surface area contributed by atoms with Crippen LogP contribution in [0.3, 0.4) is 0 Å². The average Bonchev–Trinajstić information content (AvgIpc) is 2.16. The van der Waals surface area contributed by atoms with Gasteiger partial charge in [-0.15, -0.1) is 0 Å². The summed E-state index contributed by atoms with van der Waals surface area (Å²) < 4.78 is 4.65. The van der Waals surface area contributed by atoms with E-state index in [1.54, 1.807) is 12.1 Å². The van der Waals surface area contributed by atoms with Crippen LogP contribution >= 0.6 is 0 Å². The molecule has 0 radical (unpaired) electrons. The lowest BCUT2D eigenvalue weighted by molar-refractivity contribution is 0.0602. The highest BCUT2D eigenvalue weighted by atomic mass is 16.5. The van der Waals surface area contributed by atoms with Crippen LogP contribution in [0.15, 0.2) is 12.1 Å². The van der Waals surface area contributed by atoms with Crippen molar-refractivity contribution in [3.8, 4) is 0 Å². The molecule has 0 saturated carbocycles. The van der Waals surface area contributed by atoms with Gasteiger partial charge < -0.3 is 15.4 Å². The lowest BCUT2D eigenvalue weighted by Gasteiger charge is -2.17. The fourth-order valence-electron chi connectivity index (χ4n) is 1.49. The largest absolute Gasteiger partial charge is 0.465 e. The number of hydrogen-bond acceptors (Lipinski definition) is 4. The lowest BCUT2D eigenvalue weighted by Crippen LogP contribution is -2.13. The molecule has 0 bridgehead atoms. The molecular weight excluding hydrogens is 192 g/mol. The zero-order valence-corrected chi connectivity index (χ0v) is 9.50. The topological polar surface area (TPSA) is 55.6 Å². The lowest BCUT2D eigenvalue weighted by atomic mass is 10.1. The molecule has 0 aliphatic carbocycles. The van der Waals surface area contributed by atoms with Crippen molar-refractivity contribution < 1.29 is 9.53 Å². The Bertz CT molecular complexity index is 386. The number of benzene rings is 1. The quantitative estimate of drug-likeness (QED) is 0.590. The molecule has 4 heteroatoms. The fraction of sp³-hybridized carbons (Fsp3) is 0.364. The van der Waals surface area contributed by atoms with Crippen molar-refractivity contribution in [3.63, 3.8) is 0 Å². The molecule has 0 aromatic heterocycles. The van der Waals surface area contributed by atoms with Crippen molar-refractivity contribution >= 4 is 17.3 Å². The number of anilines is 2. The molecule has 0 spiro atoms. The molecule has 1 aromatic rings. The third-order valence-corrected chi connectivity index (χ3v) is 2.26. The fourth-order valence-corrected chi connectivity index (χ4v) is 1.49. The van der Waals surface area contributed by atoms with Gasteiger partial charge in [-0.1, -0.05) is 0 Å². The smallest absolute Gasteiger partial charge is 0.340 e. The number of rotatable bonds is 2. The number of nitrogens with two attached hydrogens (primary N) is 1. The van der Waals surface area contributed by atoms with Gasteiger partial charge >= 0.3 is 5.97 Å². The van der Waals surface area contributed by atoms with Crippen LogP contribution in [0.5, 0.6) is 0 Å². The Hall–Kier alpha value is -1.71. The molecule has 0 aliphatic rings. The summed E-state index contributed by atoms with van der Waals surface area (Å²) in [5.74, 6) is -0.407. The summed E-state index contributed by atoms with van der Waals surface area (Å²) in [5.41, 5.74) is 8.60. The van der Waals surface area contributed by atoms with Crippen LogP contribution in [0.25, 0.3) is 0 Å². The first-order chi connectivity index (χ1) is 6.97. The van der Waals surface area contributed by atoms with Gasteiger partial charge in [0.2, 0.25) is 0 Å². The third-order valence-electron chi connectivity index (χ3n) is 2.26. The van der Waals surface area contributed by atoms with E-state index in [2.05, 4.69) is 4.74 Å². The minimum Gasteiger partial charge on any atom is -0.465 e. The first-order valence-electron chi connectivity index (χ1n) is 4.63. The molecule has 15 heavy (non-hydrogen) atoms. The van der Waals surface area contributed by atoms with Gasteiger partial charge in [-0.2, -0.15) is 0 Å². The number of nitrogen functional groups attached to an aromatic ring is 1. The average molecular weight is 208 g/mol. The Kier molecular flexibility index (Phi) is 3.19. The summed E-state index contributed by atoms with van der Waals surface area (Å²) in [5, 5.41) is 0. The zero-order chi connectivity index (χ0) is 11.6. The van der Waals surface area contributed by atoms with Gasteiger partial charge in [-0.05, 0) is 24.6 Å². The van der Waals surface area contributed by atoms with E-state index in [1.807, 2.05) is 25.9 Å². The van der Waals surface area contributed by atoms with Gasteiger partial charge in [0.15, 0.2) is 0 Å². The molecule has 0 amide bonds. The summed E-state index contributed by atoms with van der Waals surface area (Å²) >= 11 is 0. The molecule has 0 heterocycles. The normalized spacial score (nSPS) is 9.87. The molecular formula is C11H16N2O2. The second-order valence-electron chi connectivity index (χ2n) is 3.61. The SMILES string of the molecule is COC(=O)c1cc(N(C)C)c(C)cc1N. The molecule has 1 aromatic carbocycles. The zero-order valence-electron chi connectivity index (χ0n) is 9.50. The van der Waals surface area contributed by atoms with Gasteiger partial charge in [0, 0.05) is 25.5 Å². The highest BCUT2D eigenvalue weighted by molar-refractivity contribution is 5.96. The van der Waals surface area contributed by atoms with Crippen LogP contribution in [0.1, 0.15) is 15.9 Å². The maximum Gasteiger partial charge on any atom is 0.340 e. The summed E-state index contributed by atoms with van der Waals surface area (Å²) in [6.07, 6.45) is 0. The van der Waals surface area contributed by atoms with Crippen molar-refractivity contribution in [2.45, 2.75) is 6.92 Å². The minimum atomic E-state index is -0.407. The molecule has 0 aliphatic heterocycles. The summed E-state index contributed by atoms with van der Waals surface area (Å²) in [6.45, 7) is 1.95. The van der Waals surface area contributed by atoms with Gasteiger partial charge in [0.1, 0.15) is 0 Å². The van der Waals surface area contributed by atoms with Crippen LogP contribution < -0.4 is 10.6 Å². The number of hydrogen-bond donors (Lipinski definition) is 1. The van der Waals surface area contributed by atoms with E-state index in [9.17, 15) is 4.79 Å². The van der Waals surface area contributed by atoms with Crippen molar-refractivity contribution in [3.05, 3.63) is 23.3 Å². The maximum atomic E-state index is 11.4. The number of aryl methyl sites for hydroxylation is 1. The van der Waals surface area contributed by atoms with Gasteiger partial charge in [-0.3, -0.25) is 0 Å². The Morgan fingerprint density at radius 3 is 2.47 bits per heavy atom. The summed E-state index contributed by atoms with van der Waals surface area (Å²) in [4.78, 5) is 13.3. The first-order valence-corrected chi connectivity index (χ1v) is 4.63. The van der Waals surface area contributed by atoms with Crippen molar-refractivity contribution in [2.75, 3.05) is 31.8 Å². The highest BCUT2D eigenvalue weighted by Gasteiger charge is 2.13. The van der Waals surface area contributed by atoms with E-state index in [4.69, 9.17) is 5.73 Å². The predicted molar refractivity (Wildman–Crippen MR) is 61.3 cm³/mol. The molecule has 0 saturated heterocycles. The summed E-state index contributed by atoms with van der Waals surface area (Å²) in [7, 11) is 5.18. The highest BCUT2D eigenvalue weighted by Crippen LogP contribution is 2.25. The molecule has 4 nitrogen and oxygen atoms in total. The van der Waals surface area contributed by atoms with Crippen molar-refractivity contribution in [1.29, 1.82) is 0 Å². The van der Waals surface area contributed by atoms with E-state index in [0.29, 0.717) is 11.3 Å². The molecule has 0 atom stereocenters. The van der Waals surface area contributed by atoms with Crippen LogP contribution in [-0.2, 0) is 4.74 Å². The van der Waals surface area contributed by atoms with Crippen LogP contribution in [0.2, 0.25) is 0 Å². The second kappa shape index (κ2) is 4.21. The van der Waals surface area contributed by atoms with Gasteiger partial charge in [-0.25, -0.2) is 4.79 Å². The van der Waals surface area contributed by atoms with E-state index in [-0.39, 0.29) is 0 Å². The van der Waals surface area contributed by atoms with Crippen LogP contribution in [-0.4, -0.2) is 27.2 Å². The molecule has 2 N–H and O–H groups in total. The van der Waals surface area contributed by atoms with Crippen molar-refractivity contribution in [2.24, 2.45) is 0 Å². The molecule has 82 valence electrons. The minimum absolute atomic E-state index is 0.407. The van der Waals surface area contributed by atoms with Crippen molar-refractivity contribution in [1.82, 2.24) is 0 Å². The Morgan fingerprint density at radius 1 is 1.40 bits per heavy atom. The van der Waals surface area contributed by atoms with Gasteiger partial charge in [0.05, 0.1) is 12.7 Å².